The molecular weight excluding hydrogens is 298 g/mol. The van der Waals surface area contributed by atoms with E-state index in [1.54, 1.807) is 6.20 Å². The van der Waals surface area contributed by atoms with Crippen LogP contribution in [0.3, 0.4) is 0 Å². The van der Waals surface area contributed by atoms with Crippen LogP contribution in [-0.4, -0.2) is 59.0 Å². The van der Waals surface area contributed by atoms with E-state index in [1.165, 1.54) is 38.3 Å². The van der Waals surface area contributed by atoms with E-state index >= 15 is 0 Å². The van der Waals surface area contributed by atoms with Gasteiger partial charge in [-0.3, -0.25) is 0 Å². The van der Waals surface area contributed by atoms with Gasteiger partial charge in [0.1, 0.15) is 0 Å². The molecule has 1 saturated heterocycles. The number of aromatic nitrogens is 2. The molecule has 1 aliphatic heterocycles. The lowest BCUT2D eigenvalue weighted by Gasteiger charge is -2.34. The SMILES string of the molecule is CCN1CCN(CCc2cccc(Nc3nccc(C)n3)c2)CC1. The summed E-state index contributed by atoms with van der Waals surface area (Å²) in [4.78, 5) is 13.7. The third-order valence-electron chi connectivity index (χ3n) is 4.61. The average Bonchev–Trinajstić information content (AvgIpc) is 2.61. The van der Waals surface area contributed by atoms with Gasteiger partial charge in [-0.05, 0) is 43.7 Å². The van der Waals surface area contributed by atoms with E-state index in [0.29, 0.717) is 5.95 Å². The van der Waals surface area contributed by atoms with Crippen LogP contribution < -0.4 is 5.32 Å². The van der Waals surface area contributed by atoms with Crippen molar-refractivity contribution in [3.05, 3.63) is 47.8 Å². The van der Waals surface area contributed by atoms with Crippen molar-refractivity contribution in [1.82, 2.24) is 19.8 Å². The molecule has 0 atom stereocenters. The largest absolute Gasteiger partial charge is 0.324 e. The summed E-state index contributed by atoms with van der Waals surface area (Å²) in [5.74, 6) is 0.655. The highest BCUT2D eigenvalue weighted by molar-refractivity contribution is 5.54. The van der Waals surface area contributed by atoms with Crippen LogP contribution in [0.5, 0.6) is 0 Å². The number of benzene rings is 1. The molecule has 1 fully saturated rings. The molecule has 1 aromatic carbocycles. The lowest BCUT2D eigenvalue weighted by Crippen LogP contribution is -2.46. The highest BCUT2D eigenvalue weighted by Crippen LogP contribution is 2.16. The molecule has 2 heterocycles. The van der Waals surface area contributed by atoms with Gasteiger partial charge in [-0.2, -0.15) is 0 Å². The Kier molecular flexibility index (Phi) is 5.77. The summed E-state index contributed by atoms with van der Waals surface area (Å²) < 4.78 is 0. The second kappa shape index (κ2) is 8.22. The van der Waals surface area contributed by atoms with Crippen LogP contribution in [0.4, 0.5) is 11.6 Å². The zero-order valence-corrected chi connectivity index (χ0v) is 14.7. The van der Waals surface area contributed by atoms with Gasteiger partial charge >= 0.3 is 0 Å². The minimum atomic E-state index is 0.655. The van der Waals surface area contributed by atoms with E-state index in [4.69, 9.17) is 0 Å². The molecule has 5 nitrogen and oxygen atoms in total. The highest BCUT2D eigenvalue weighted by Gasteiger charge is 2.14. The number of anilines is 2. The molecule has 0 radical (unpaired) electrons. The van der Waals surface area contributed by atoms with Crippen LogP contribution in [0, 0.1) is 6.92 Å². The van der Waals surface area contributed by atoms with Crippen LogP contribution in [0.25, 0.3) is 0 Å². The van der Waals surface area contributed by atoms with Crippen molar-refractivity contribution >= 4 is 11.6 Å². The standard InChI is InChI=1S/C19H27N5/c1-3-23-11-13-24(14-12-23)10-8-17-5-4-6-18(15-17)22-19-20-9-7-16(2)21-19/h4-7,9,15H,3,8,10-14H2,1-2H3,(H,20,21,22). The summed E-state index contributed by atoms with van der Waals surface area (Å²) in [6, 6.07) is 10.5. The fraction of sp³-hybridized carbons (Fsp3) is 0.474. The van der Waals surface area contributed by atoms with E-state index < -0.39 is 0 Å². The first-order chi connectivity index (χ1) is 11.7. The van der Waals surface area contributed by atoms with Crippen molar-refractivity contribution < 1.29 is 0 Å². The second-order valence-corrected chi connectivity index (χ2v) is 6.37. The Balaban J connectivity index is 1.54. The minimum Gasteiger partial charge on any atom is -0.324 e. The molecule has 128 valence electrons. The number of rotatable bonds is 6. The number of piperazine rings is 1. The molecular formula is C19H27N5. The number of nitrogens with zero attached hydrogens (tertiary/aromatic N) is 4. The van der Waals surface area contributed by atoms with Crippen LogP contribution in [-0.2, 0) is 6.42 Å². The lowest BCUT2D eigenvalue weighted by atomic mass is 10.1. The van der Waals surface area contributed by atoms with Crippen molar-refractivity contribution in [2.24, 2.45) is 0 Å². The number of nitrogens with one attached hydrogen (secondary N) is 1. The molecule has 24 heavy (non-hydrogen) atoms. The maximum Gasteiger partial charge on any atom is 0.227 e. The fourth-order valence-corrected chi connectivity index (χ4v) is 3.06. The fourth-order valence-electron chi connectivity index (χ4n) is 3.06. The molecule has 1 aromatic heterocycles. The second-order valence-electron chi connectivity index (χ2n) is 6.37. The van der Waals surface area contributed by atoms with Gasteiger partial charge in [-0.15, -0.1) is 0 Å². The maximum absolute atomic E-state index is 4.40. The van der Waals surface area contributed by atoms with Gasteiger partial charge in [0.2, 0.25) is 5.95 Å². The predicted octanol–water partition coefficient (Wildman–Crippen LogP) is 2.71. The van der Waals surface area contributed by atoms with Gasteiger partial charge in [-0.25, -0.2) is 9.97 Å². The van der Waals surface area contributed by atoms with Gasteiger partial charge in [0.05, 0.1) is 0 Å². The Labute approximate surface area is 144 Å². The lowest BCUT2D eigenvalue weighted by molar-refractivity contribution is 0.138. The zero-order valence-electron chi connectivity index (χ0n) is 14.7. The van der Waals surface area contributed by atoms with E-state index in [2.05, 4.69) is 56.3 Å². The summed E-state index contributed by atoms with van der Waals surface area (Å²) in [5, 5.41) is 3.29. The number of aryl methyl sites for hydroxylation is 1. The number of hydrogen-bond acceptors (Lipinski definition) is 5. The van der Waals surface area contributed by atoms with Crippen LogP contribution in [0.2, 0.25) is 0 Å². The van der Waals surface area contributed by atoms with E-state index in [9.17, 15) is 0 Å². The summed E-state index contributed by atoms with van der Waals surface area (Å²) in [5.41, 5.74) is 3.37. The topological polar surface area (TPSA) is 44.3 Å². The molecule has 0 aliphatic carbocycles. The Bertz CT molecular complexity index is 650. The summed E-state index contributed by atoms with van der Waals surface area (Å²) in [6.45, 7) is 11.3. The predicted molar refractivity (Wildman–Crippen MR) is 98.8 cm³/mol. The molecule has 0 bridgehead atoms. The quantitative estimate of drug-likeness (QED) is 0.885. The molecule has 2 aromatic rings. The van der Waals surface area contributed by atoms with Gasteiger partial charge in [0, 0.05) is 50.3 Å². The van der Waals surface area contributed by atoms with Crippen LogP contribution in [0.1, 0.15) is 18.2 Å². The molecule has 0 amide bonds. The first-order valence-electron chi connectivity index (χ1n) is 8.83. The summed E-state index contributed by atoms with van der Waals surface area (Å²) in [7, 11) is 0. The minimum absolute atomic E-state index is 0.655. The first-order valence-corrected chi connectivity index (χ1v) is 8.83. The Morgan fingerprint density at radius 3 is 2.62 bits per heavy atom. The van der Waals surface area contributed by atoms with Crippen LogP contribution >= 0.6 is 0 Å². The van der Waals surface area contributed by atoms with Crippen molar-refractivity contribution in [3.63, 3.8) is 0 Å². The van der Waals surface area contributed by atoms with Gasteiger partial charge < -0.3 is 15.1 Å². The monoisotopic (exact) mass is 325 g/mol. The van der Waals surface area contributed by atoms with Gasteiger partial charge in [-0.1, -0.05) is 19.1 Å². The third kappa shape index (κ3) is 4.76. The first kappa shape index (κ1) is 16.9. The van der Waals surface area contributed by atoms with Crippen molar-refractivity contribution in [1.29, 1.82) is 0 Å². The van der Waals surface area contributed by atoms with E-state index in [-0.39, 0.29) is 0 Å². The molecule has 5 heteroatoms. The molecule has 0 saturated carbocycles. The number of likely N-dealkylation sites (N-methyl/N-ethyl adjacent to an activating group) is 1. The molecule has 0 spiro atoms. The summed E-state index contributed by atoms with van der Waals surface area (Å²) >= 11 is 0. The zero-order chi connectivity index (χ0) is 16.8. The Morgan fingerprint density at radius 2 is 1.88 bits per heavy atom. The van der Waals surface area contributed by atoms with Crippen LogP contribution in [0.15, 0.2) is 36.5 Å². The highest BCUT2D eigenvalue weighted by atomic mass is 15.3. The van der Waals surface area contributed by atoms with Crippen molar-refractivity contribution in [2.75, 3.05) is 44.6 Å². The van der Waals surface area contributed by atoms with E-state index in [1.807, 2.05) is 13.0 Å². The Morgan fingerprint density at radius 1 is 1.08 bits per heavy atom. The van der Waals surface area contributed by atoms with Crippen molar-refractivity contribution in [3.8, 4) is 0 Å². The average molecular weight is 325 g/mol. The van der Waals surface area contributed by atoms with Crippen molar-refractivity contribution in [2.45, 2.75) is 20.3 Å². The normalized spacial score (nSPS) is 16.2. The molecule has 0 unspecified atom stereocenters. The number of hydrogen-bond donors (Lipinski definition) is 1. The molecule has 3 rings (SSSR count). The van der Waals surface area contributed by atoms with Gasteiger partial charge in [0.15, 0.2) is 0 Å². The van der Waals surface area contributed by atoms with Gasteiger partial charge in [0.25, 0.3) is 0 Å². The third-order valence-corrected chi connectivity index (χ3v) is 4.61. The molecule has 1 N–H and O–H groups in total. The molecule has 1 aliphatic rings. The van der Waals surface area contributed by atoms with E-state index in [0.717, 1.165) is 24.3 Å². The Hall–Kier alpha value is -1.98. The maximum atomic E-state index is 4.40. The summed E-state index contributed by atoms with van der Waals surface area (Å²) in [6.07, 6.45) is 2.86. The smallest absolute Gasteiger partial charge is 0.227 e.